The lowest BCUT2D eigenvalue weighted by Gasteiger charge is -2.26. The summed E-state index contributed by atoms with van der Waals surface area (Å²) >= 11 is 0. The maximum atomic E-state index is 13.5. The van der Waals surface area contributed by atoms with Gasteiger partial charge >= 0.3 is 6.18 Å². The van der Waals surface area contributed by atoms with E-state index < -0.39 is 23.7 Å². The number of carbonyl (C=O) groups is 1. The maximum absolute atomic E-state index is 13.5. The van der Waals surface area contributed by atoms with Crippen LogP contribution in [0.25, 0.3) is 10.8 Å². The molecule has 0 radical (unpaired) electrons. The SMILES string of the molecule is Cc1ccc2ccccc2c1CN1C(=O)[C@@H](N)COc2c1cccc2C(F)(F)F. The Bertz CT molecular complexity index is 1100. The Labute approximate surface area is 165 Å². The van der Waals surface area contributed by atoms with Crippen LogP contribution in [-0.2, 0) is 17.5 Å². The zero-order valence-corrected chi connectivity index (χ0v) is 15.7. The number of nitrogens with two attached hydrogens (primary N) is 1. The van der Waals surface area contributed by atoms with Crippen molar-refractivity contribution in [3.63, 3.8) is 0 Å². The van der Waals surface area contributed by atoms with Crippen LogP contribution in [0, 0.1) is 6.92 Å². The van der Waals surface area contributed by atoms with Gasteiger partial charge in [0.1, 0.15) is 12.6 Å². The van der Waals surface area contributed by atoms with Gasteiger partial charge < -0.3 is 15.4 Å². The number of nitrogens with zero attached hydrogens (tertiary/aromatic N) is 1. The molecule has 0 aliphatic carbocycles. The molecule has 3 aromatic rings. The topological polar surface area (TPSA) is 55.6 Å². The number of anilines is 1. The average Bonchev–Trinajstić information content (AvgIpc) is 2.81. The monoisotopic (exact) mass is 400 g/mol. The zero-order valence-electron chi connectivity index (χ0n) is 15.7. The second-order valence-electron chi connectivity index (χ2n) is 7.08. The first-order valence-corrected chi connectivity index (χ1v) is 9.14. The molecule has 150 valence electrons. The average molecular weight is 400 g/mol. The van der Waals surface area contributed by atoms with Gasteiger partial charge in [0.05, 0.1) is 17.8 Å². The highest BCUT2D eigenvalue weighted by Crippen LogP contribution is 2.43. The minimum Gasteiger partial charge on any atom is -0.489 e. The molecule has 0 fully saturated rings. The van der Waals surface area contributed by atoms with Crippen molar-refractivity contribution in [1.29, 1.82) is 0 Å². The second-order valence-corrected chi connectivity index (χ2v) is 7.08. The number of ether oxygens (including phenoxy) is 1. The van der Waals surface area contributed by atoms with Crippen LogP contribution in [0.15, 0.2) is 54.6 Å². The summed E-state index contributed by atoms with van der Waals surface area (Å²) < 4.78 is 45.9. The first kappa shape index (κ1) is 19.3. The molecule has 29 heavy (non-hydrogen) atoms. The summed E-state index contributed by atoms with van der Waals surface area (Å²) in [5.74, 6) is -0.838. The van der Waals surface area contributed by atoms with E-state index in [2.05, 4.69) is 0 Å². The summed E-state index contributed by atoms with van der Waals surface area (Å²) in [6.45, 7) is 1.69. The second kappa shape index (κ2) is 7.08. The molecule has 0 saturated heterocycles. The van der Waals surface area contributed by atoms with Crippen LogP contribution in [0.5, 0.6) is 5.75 Å². The molecule has 1 atom stereocenters. The summed E-state index contributed by atoms with van der Waals surface area (Å²) in [5.41, 5.74) is 6.86. The Kier molecular flexibility index (Phi) is 4.70. The number of aryl methyl sites for hydroxylation is 1. The van der Waals surface area contributed by atoms with Crippen molar-refractivity contribution < 1.29 is 22.7 Å². The standard InChI is InChI=1S/C22H19F3N2O2/c1-13-9-10-14-5-2-3-6-15(14)16(13)11-27-19-8-4-7-17(22(23,24)25)20(19)29-12-18(26)21(27)28/h2-10,18H,11-12,26H2,1H3/t18-/m0/s1. The summed E-state index contributed by atoms with van der Waals surface area (Å²) in [6, 6.07) is 14.2. The van der Waals surface area contributed by atoms with E-state index in [4.69, 9.17) is 10.5 Å². The van der Waals surface area contributed by atoms with E-state index in [9.17, 15) is 18.0 Å². The van der Waals surface area contributed by atoms with E-state index in [-0.39, 0.29) is 24.6 Å². The molecule has 1 heterocycles. The lowest BCUT2D eigenvalue weighted by molar-refractivity contribution is -0.138. The Balaban J connectivity index is 1.88. The van der Waals surface area contributed by atoms with Crippen molar-refractivity contribution in [2.45, 2.75) is 25.7 Å². The fourth-order valence-electron chi connectivity index (χ4n) is 3.65. The lowest BCUT2D eigenvalue weighted by atomic mass is 9.98. The molecule has 4 nitrogen and oxygen atoms in total. The molecule has 2 N–H and O–H groups in total. The number of halogens is 3. The molecular weight excluding hydrogens is 381 g/mol. The molecule has 1 aliphatic heterocycles. The number of amides is 1. The Morgan fingerprint density at radius 1 is 1.10 bits per heavy atom. The van der Waals surface area contributed by atoms with Crippen LogP contribution >= 0.6 is 0 Å². The van der Waals surface area contributed by atoms with Crippen LogP contribution < -0.4 is 15.4 Å². The van der Waals surface area contributed by atoms with Gasteiger partial charge in [-0.1, -0.05) is 42.5 Å². The smallest absolute Gasteiger partial charge is 0.420 e. The number of carbonyl (C=O) groups excluding carboxylic acids is 1. The largest absolute Gasteiger partial charge is 0.489 e. The van der Waals surface area contributed by atoms with Crippen molar-refractivity contribution in [3.05, 3.63) is 71.3 Å². The Morgan fingerprint density at radius 2 is 1.86 bits per heavy atom. The summed E-state index contributed by atoms with van der Waals surface area (Å²) in [4.78, 5) is 14.3. The van der Waals surface area contributed by atoms with Gasteiger partial charge in [-0.15, -0.1) is 0 Å². The van der Waals surface area contributed by atoms with Gasteiger partial charge in [-0.3, -0.25) is 4.79 Å². The van der Waals surface area contributed by atoms with Crippen molar-refractivity contribution >= 4 is 22.4 Å². The number of hydrogen-bond donors (Lipinski definition) is 1. The van der Waals surface area contributed by atoms with E-state index in [1.807, 2.05) is 43.3 Å². The molecular formula is C22H19F3N2O2. The van der Waals surface area contributed by atoms with Crippen LogP contribution in [0.3, 0.4) is 0 Å². The summed E-state index contributed by atoms with van der Waals surface area (Å²) in [6.07, 6.45) is -4.61. The molecule has 0 spiro atoms. The van der Waals surface area contributed by atoms with E-state index in [0.717, 1.165) is 28.0 Å². The summed E-state index contributed by atoms with van der Waals surface area (Å²) in [7, 11) is 0. The zero-order chi connectivity index (χ0) is 20.8. The Hall–Kier alpha value is -3.06. The molecule has 0 unspecified atom stereocenters. The predicted molar refractivity (Wildman–Crippen MR) is 105 cm³/mol. The molecule has 7 heteroatoms. The quantitative estimate of drug-likeness (QED) is 0.693. The molecule has 1 aliphatic rings. The van der Waals surface area contributed by atoms with Gasteiger partial charge in [-0.2, -0.15) is 13.2 Å². The molecule has 4 rings (SSSR count). The summed E-state index contributed by atoms with van der Waals surface area (Å²) in [5, 5.41) is 1.92. The van der Waals surface area contributed by atoms with Gasteiger partial charge in [0.25, 0.3) is 0 Å². The highest BCUT2D eigenvalue weighted by Gasteiger charge is 2.39. The third-order valence-corrected chi connectivity index (χ3v) is 5.17. The van der Waals surface area contributed by atoms with E-state index in [0.29, 0.717) is 0 Å². The number of fused-ring (bicyclic) bond motifs is 2. The Morgan fingerprint density at radius 3 is 2.62 bits per heavy atom. The number of hydrogen-bond acceptors (Lipinski definition) is 3. The van der Waals surface area contributed by atoms with Crippen LogP contribution in [-0.4, -0.2) is 18.6 Å². The highest BCUT2D eigenvalue weighted by atomic mass is 19.4. The molecule has 1 amide bonds. The van der Waals surface area contributed by atoms with Crippen LogP contribution in [0.2, 0.25) is 0 Å². The number of para-hydroxylation sites is 1. The van der Waals surface area contributed by atoms with Crippen molar-refractivity contribution in [1.82, 2.24) is 0 Å². The van der Waals surface area contributed by atoms with Crippen LogP contribution in [0.1, 0.15) is 16.7 Å². The van der Waals surface area contributed by atoms with Gasteiger partial charge in [-0.05, 0) is 41.0 Å². The molecule has 3 aromatic carbocycles. The minimum absolute atomic E-state index is 0.0742. The van der Waals surface area contributed by atoms with Crippen molar-refractivity contribution in [2.75, 3.05) is 11.5 Å². The first-order chi connectivity index (χ1) is 13.8. The van der Waals surface area contributed by atoms with Gasteiger partial charge in [0, 0.05) is 0 Å². The normalized spacial score (nSPS) is 17.1. The maximum Gasteiger partial charge on any atom is 0.420 e. The molecule has 0 saturated carbocycles. The van der Waals surface area contributed by atoms with Gasteiger partial charge in [0.15, 0.2) is 5.75 Å². The molecule has 0 aromatic heterocycles. The highest BCUT2D eigenvalue weighted by molar-refractivity contribution is 6.00. The number of benzene rings is 3. The third-order valence-electron chi connectivity index (χ3n) is 5.17. The lowest BCUT2D eigenvalue weighted by Crippen LogP contribution is -2.45. The fourth-order valence-corrected chi connectivity index (χ4v) is 3.65. The predicted octanol–water partition coefficient (Wildman–Crippen LogP) is 4.42. The number of alkyl halides is 3. The van der Waals surface area contributed by atoms with E-state index >= 15 is 0 Å². The van der Waals surface area contributed by atoms with Crippen molar-refractivity contribution in [2.24, 2.45) is 5.73 Å². The number of rotatable bonds is 2. The van der Waals surface area contributed by atoms with E-state index in [1.54, 1.807) is 0 Å². The van der Waals surface area contributed by atoms with Crippen LogP contribution in [0.4, 0.5) is 18.9 Å². The first-order valence-electron chi connectivity index (χ1n) is 9.14. The third kappa shape index (κ3) is 3.42. The fraction of sp³-hybridized carbons (Fsp3) is 0.227. The molecule has 0 bridgehead atoms. The van der Waals surface area contributed by atoms with Gasteiger partial charge in [-0.25, -0.2) is 0 Å². The van der Waals surface area contributed by atoms with Crippen molar-refractivity contribution in [3.8, 4) is 5.75 Å². The minimum atomic E-state index is -4.61. The van der Waals surface area contributed by atoms with Gasteiger partial charge in [0.2, 0.25) is 5.91 Å². The van der Waals surface area contributed by atoms with E-state index in [1.165, 1.54) is 17.0 Å².